The first-order valence-electron chi connectivity index (χ1n) is 7.41. The van der Waals surface area contributed by atoms with Crippen LogP contribution < -0.4 is 11.1 Å². The van der Waals surface area contributed by atoms with E-state index < -0.39 is 0 Å². The third-order valence-corrected chi connectivity index (χ3v) is 3.31. The highest BCUT2D eigenvalue weighted by Crippen LogP contribution is 2.05. The number of hydrogen-bond acceptors (Lipinski definition) is 3. The third-order valence-electron chi connectivity index (χ3n) is 3.31. The van der Waals surface area contributed by atoms with Gasteiger partial charge in [0.25, 0.3) is 0 Å². The van der Waals surface area contributed by atoms with Gasteiger partial charge in [-0.05, 0) is 35.4 Å². The van der Waals surface area contributed by atoms with Gasteiger partial charge in [-0.15, -0.1) is 0 Å². The maximum absolute atomic E-state index is 5.58. The Hall–Kier alpha value is -2.12. The molecule has 0 spiro atoms. The van der Waals surface area contributed by atoms with Crippen molar-refractivity contribution in [3.05, 3.63) is 70.8 Å². The van der Waals surface area contributed by atoms with E-state index in [1.54, 1.807) is 7.11 Å². The molecule has 2 aromatic rings. The summed E-state index contributed by atoms with van der Waals surface area (Å²) in [4.78, 5) is 0. The van der Waals surface area contributed by atoms with Gasteiger partial charge in [0.05, 0.1) is 6.61 Å². The molecule has 0 atom stereocenters. The van der Waals surface area contributed by atoms with Crippen LogP contribution in [0.4, 0.5) is 0 Å². The van der Waals surface area contributed by atoms with Crippen LogP contribution in [0.15, 0.2) is 48.5 Å². The Morgan fingerprint density at radius 1 is 0.909 bits per heavy atom. The largest absolute Gasteiger partial charge is 0.383 e. The van der Waals surface area contributed by atoms with Crippen molar-refractivity contribution in [3.63, 3.8) is 0 Å². The van der Waals surface area contributed by atoms with Crippen molar-refractivity contribution in [2.75, 3.05) is 20.3 Å². The van der Waals surface area contributed by atoms with Crippen molar-refractivity contribution in [1.82, 2.24) is 5.32 Å². The number of benzene rings is 2. The maximum Gasteiger partial charge on any atom is 0.0587 e. The molecule has 0 aliphatic carbocycles. The molecular formula is C19H22N2O. The van der Waals surface area contributed by atoms with Crippen LogP contribution in [0.1, 0.15) is 22.3 Å². The van der Waals surface area contributed by atoms with Gasteiger partial charge in [-0.1, -0.05) is 36.1 Å². The predicted octanol–water partition coefficient (Wildman–Crippen LogP) is 2.28. The summed E-state index contributed by atoms with van der Waals surface area (Å²) in [7, 11) is 1.71. The minimum atomic E-state index is 0.563. The summed E-state index contributed by atoms with van der Waals surface area (Å²) in [5, 5.41) is 3.32. The molecular weight excluding hydrogens is 272 g/mol. The molecule has 0 radical (unpaired) electrons. The molecule has 2 aromatic carbocycles. The molecule has 3 nitrogen and oxygen atoms in total. The van der Waals surface area contributed by atoms with Crippen LogP contribution in [0.3, 0.4) is 0 Å². The second-order valence-corrected chi connectivity index (χ2v) is 5.02. The summed E-state index contributed by atoms with van der Waals surface area (Å²) in [5.41, 5.74) is 9.97. The molecule has 3 heteroatoms. The number of nitrogens with two attached hydrogens (primary N) is 1. The Labute approximate surface area is 132 Å². The molecule has 0 amide bonds. The number of methoxy groups -OCH3 is 1. The molecule has 0 aliphatic rings. The molecule has 0 aromatic heterocycles. The van der Waals surface area contributed by atoms with Crippen molar-refractivity contribution in [3.8, 4) is 11.8 Å². The topological polar surface area (TPSA) is 47.3 Å². The predicted molar refractivity (Wildman–Crippen MR) is 90.3 cm³/mol. The Balaban J connectivity index is 1.92. The van der Waals surface area contributed by atoms with Crippen LogP contribution in [0, 0.1) is 11.8 Å². The number of hydrogen-bond donors (Lipinski definition) is 2. The highest BCUT2D eigenvalue weighted by Gasteiger charge is 1.93. The van der Waals surface area contributed by atoms with E-state index in [0.717, 1.165) is 36.4 Å². The zero-order chi connectivity index (χ0) is 15.6. The lowest BCUT2D eigenvalue weighted by molar-refractivity contribution is 0.199. The van der Waals surface area contributed by atoms with E-state index in [1.165, 1.54) is 5.56 Å². The first-order chi connectivity index (χ1) is 10.8. The lowest BCUT2D eigenvalue weighted by Gasteiger charge is -2.04. The molecule has 0 saturated heterocycles. The van der Waals surface area contributed by atoms with E-state index in [1.807, 2.05) is 24.3 Å². The van der Waals surface area contributed by atoms with E-state index in [-0.39, 0.29) is 0 Å². The van der Waals surface area contributed by atoms with Crippen molar-refractivity contribution in [2.24, 2.45) is 5.73 Å². The Kier molecular flexibility index (Phi) is 6.66. The lowest BCUT2D eigenvalue weighted by atomic mass is 10.1. The summed E-state index contributed by atoms with van der Waals surface area (Å²) >= 11 is 0. The first kappa shape index (κ1) is 16.3. The molecule has 0 saturated carbocycles. The second-order valence-electron chi connectivity index (χ2n) is 5.02. The summed E-state index contributed by atoms with van der Waals surface area (Å²) in [6, 6.07) is 16.3. The van der Waals surface area contributed by atoms with Crippen LogP contribution in [0.2, 0.25) is 0 Å². The van der Waals surface area contributed by atoms with Gasteiger partial charge in [-0.3, -0.25) is 0 Å². The molecule has 22 heavy (non-hydrogen) atoms. The summed E-state index contributed by atoms with van der Waals surface area (Å²) in [5.74, 6) is 6.35. The molecule has 114 valence electrons. The van der Waals surface area contributed by atoms with Gasteiger partial charge in [0.1, 0.15) is 0 Å². The highest BCUT2D eigenvalue weighted by molar-refractivity contribution is 5.44. The average molecular weight is 294 g/mol. The third kappa shape index (κ3) is 5.34. The maximum atomic E-state index is 5.58. The molecule has 0 fully saturated rings. The van der Waals surface area contributed by atoms with Gasteiger partial charge in [-0.2, -0.15) is 0 Å². The lowest BCUT2D eigenvalue weighted by Crippen LogP contribution is -2.18. The van der Waals surface area contributed by atoms with Gasteiger partial charge in [0, 0.05) is 37.9 Å². The van der Waals surface area contributed by atoms with Crippen LogP contribution >= 0.6 is 0 Å². The standard InChI is InChI=1S/C19H22N2O/c1-22-13-12-21-15-19-10-6-17(7-11-19)3-2-16-4-8-18(14-20)9-5-16/h4-11,21H,12-15,20H2,1H3. The fraction of sp³-hybridized carbons (Fsp3) is 0.263. The van der Waals surface area contributed by atoms with Crippen molar-refractivity contribution in [1.29, 1.82) is 0 Å². The van der Waals surface area contributed by atoms with Gasteiger partial charge in [-0.25, -0.2) is 0 Å². The number of nitrogens with one attached hydrogen (secondary N) is 1. The molecule has 0 aliphatic heterocycles. The van der Waals surface area contributed by atoms with E-state index in [2.05, 4.69) is 41.4 Å². The van der Waals surface area contributed by atoms with Gasteiger partial charge in [0.2, 0.25) is 0 Å². The van der Waals surface area contributed by atoms with Crippen LogP contribution in [0.25, 0.3) is 0 Å². The fourth-order valence-corrected chi connectivity index (χ4v) is 1.98. The summed E-state index contributed by atoms with van der Waals surface area (Å²) in [6.45, 7) is 2.99. The smallest absolute Gasteiger partial charge is 0.0587 e. The normalized spacial score (nSPS) is 10.1. The van der Waals surface area contributed by atoms with Crippen LogP contribution in [0.5, 0.6) is 0 Å². The molecule has 0 unspecified atom stereocenters. The van der Waals surface area contributed by atoms with E-state index >= 15 is 0 Å². The average Bonchev–Trinajstić information content (AvgIpc) is 2.58. The van der Waals surface area contributed by atoms with Gasteiger partial charge >= 0.3 is 0 Å². The summed E-state index contributed by atoms with van der Waals surface area (Å²) < 4.78 is 5.00. The zero-order valence-electron chi connectivity index (χ0n) is 12.9. The van der Waals surface area contributed by atoms with E-state index in [9.17, 15) is 0 Å². The minimum absolute atomic E-state index is 0.563. The van der Waals surface area contributed by atoms with E-state index in [4.69, 9.17) is 10.5 Å². The Bertz CT molecular complexity index is 621. The monoisotopic (exact) mass is 294 g/mol. The second kappa shape index (κ2) is 9.01. The highest BCUT2D eigenvalue weighted by atomic mass is 16.5. The first-order valence-corrected chi connectivity index (χ1v) is 7.41. The SMILES string of the molecule is COCCNCc1ccc(C#Cc2ccc(CN)cc2)cc1. The Morgan fingerprint density at radius 3 is 1.95 bits per heavy atom. The van der Waals surface area contributed by atoms with Crippen molar-refractivity contribution in [2.45, 2.75) is 13.1 Å². The molecule has 0 bridgehead atoms. The number of rotatable bonds is 6. The zero-order valence-corrected chi connectivity index (χ0v) is 12.9. The van der Waals surface area contributed by atoms with Crippen molar-refractivity contribution < 1.29 is 4.74 Å². The minimum Gasteiger partial charge on any atom is -0.383 e. The quantitative estimate of drug-likeness (QED) is 0.635. The van der Waals surface area contributed by atoms with Gasteiger partial charge in [0.15, 0.2) is 0 Å². The number of ether oxygens (including phenoxy) is 1. The van der Waals surface area contributed by atoms with Gasteiger partial charge < -0.3 is 15.8 Å². The summed E-state index contributed by atoms with van der Waals surface area (Å²) in [6.07, 6.45) is 0. The molecule has 2 rings (SSSR count). The molecule has 3 N–H and O–H groups in total. The molecule has 0 heterocycles. The van der Waals surface area contributed by atoms with Crippen LogP contribution in [-0.2, 0) is 17.8 Å². The Morgan fingerprint density at radius 2 is 1.45 bits per heavy atom. The fourth-order valence-electron chi connectivity index (χ4n) is 1.98. The van der Waals surface area contributed by atoms with Crippen LogP contribution in [-0.4, -0.2) is 20.3 Å². The van der Waals surface area contributed by atoms with E-state index in [0.29, 0.717) is 6.54 Å². The van der Waals surface area contributed by atoms with Crippen molar-refractivity contribution >= 4 is 0 Å².